The number of carbonyl (C=O) groups is 1. The number of carbonyl (C=O) groups excluding carboxylic acids is 1. The van der Waals surface area contributed by atoms with Crippen LogP contribution in [-0.4, -0.2) is 32.8 Å². The zero-order valence-electron chi connectivity index (χ0n) is 16.5. The van der Waals surface area contributed by atoms with E-state index < -0.39 is 0 Å². The maximum absolute atomic E-state index is 12.2. The number of nitrogens with one attached hydrogen (secondary N) is 1. The summed E-state index contributed by atoms with van der Waals surface area (Å²) >= 11 is 0. The van der Waals surface area contributed by atoms with Gasteiger partial charge in [-0.1, -0.05) is 0 Å². The van der Waals surface area contributed by atoms with E-state index >= 15 is 0 Å². The van der Waals surface area contributed by atoms with Crippen molar-refractivity contribution in [2.24, 2.45) is 0 Å². The minimum absolute atomic E-state index is 0.0579. The smallest absolute Gasteiger partial charge is 0.262 e. The van der Waals surface area contributed by atoms with Crippen molar-refractivity contribution < 1.29 is 23.4 Å². The lowest BCUT2D eigenvalue weighted by Crippen LogP contribution is -2.20. The minimum atomic E-state index is -0.215. The lowest BCUT2D eigenvalue weighted by Gasteiger charge is -2.10. The van der Waals surface area contributed by atoms with Gasteiger partial charge in [-0.05, 0) is 61.7 Å². The van der Waals surface area contributed by atoms with Gasteiger partial charge in [0.05, 0.1) is 6.61 Å². The Morgan fingerprint density at radius 3 is 2.62 bits per heavy atom. The average molecular weight is 395 g/mol. The molecule has 0 aliphatic heterocycles. The van der Waals surface area contributed by atoms with Crippen LogP contribution in [0.3, 0.4) is 0 Å². The van der Waals surface area contributed by atoms with E-state index in [4.69, 9.17) is 18.6 Å². The van der Waals surface area contributed by atoms with Crippen LogP contribution in [0.4, 0.5) is 5.69 Å². The van der Waals surface area contributed by atoms with E-state index in [9.17, 15) is 4.79 Å². The van der Waals surface area contributed by atoms with Gasteiger partial charge in [-0.2, -0.15) is 0 Å². The number of amides is 1. The van der Waals surface area contributed by atoms with Crippen molar-refractivity contribution in [1.29, 1.82) is 0 Å². The Morgan fingerprint density at radius 2 is 1.79 bits per heavy atom. The number of hydrogen-bond donors (Lipinski definition) is 1. The van der Waals surface area contributed by atoms with Gasteiger partial charge >= 0.3 is 0 Å². The van der Waals surface area contributed by atoms with Gasteiger partial charge < -0.3 is 23.9 Å². The largest absolute Gasteiger partial charge is 0.491 e. The maximum atomic E-state index is 12.2. The van der Waals surface area contributed by atoms with Crippen molar-refractivity contribution in [1.82, 2.24) is 0 Å². The molecule has 1 aromatic heterocycles. The van der Waals surface area contributed by atoms with Crippen LogP contribution in [0, 0.1) is 0 Å². The molecule has 0 bridgehead atoms. The van der Waals surface area contributed by atoms with Gasteiger partial charge in [0, 0.05) is 30.2 Å². The first-order valence-electron chi connectivity index (χ1n) is 9.91. The number of rotatable bonds is 8. The lowest BCUT2D eigenvalue weighted by molar-refractivity contribution is -0.118. The molecule has 6 nitrogen and oxygen atoms in total. The van der Waals surface area contributed by atoms with Crippen LogP contribution >= 0.6 is 0 Å². The highest BCUT2D eigenvalue weighted by Crippen LogP contribution is 2.33. The van der Waals surface area contributed by atoms with E-state index in [0.29, 0.717) is 24.7 Å². The van der Waals surface area contributed by atoms with Crippen LogP contribution in [0.25, 0.3) is 11.0 Å². The molecule has 0 saturated heterocycles. The summed E-state index contributed by atoms with van der Waals surface area (Å²) in [6, 6.07) is 12.9. The SMILES string of the molecule is COCCOc1ccc(NC(=O)COc2ccc3oc4c(c3c2)CCCC4)cc1. The van der Waals surface area contributed by atoms with E-state index in [1.54, 1.807) is 19.2 Å². The number of ether oxygens (including phenoxy) is 3. The molecule has 0 radical (unpaired) electrons. The molecule has 6 heteroatoms. The zero-order chi connectivity index (χ0) is 20.1. The molecule has 29 heavy (non-hydrogen) atoms. The first kappa shape index (κ1) is 19.3. The molecule has 3 aromatic rings. The summed E-state index contributed by atoms with van der Waals surface area (Å²) in [5, 5.41) is 3.92. The topological polar surface area (TPSA) is 69.9 Å². The van der Waals surface area contributed by atoms with Crippen molar-refractivity contribution in [2.75, 3.05) is 32.2 Å². The number of fused-ring (bicyclic) bond motifs is 3. The number of aryl methyl sites for hydroxylation is 2. The van der Waals surface area contributed by atoms with Gasteiger partial charge in [0.2, 0.25) is 0 Å². The number of anilines is 1. The second-order valence-electron chi connectivity index (χ2n) is 7.07. The normalized spacial score (nSPS) is 13.1. The Hall–Kier alpha value is -2.99. The number of benzene rings is 2. The third-order valence-corrected chi connectivity index (χ3v) is 4.99. The van der Waals surface area contributed by atoms with E-state index in [-0.39, 0.29) is 12.5 Å². The van der Waals surface area contributed by atoms with Crippen molar-refractivity contribution in [3.05, 3.63) is 53.8 Å². The van der Waals surface area contributed by atoms with Crippen LogP contribution in [0.2, 0.25) is 0 Å². The fourth-order valence-corrected chi connectivity index (χ4v) is 3.55. The Balaban J connectivity index is 1.32. The van der Waals surface area contributed by atoms with Crippen LogP contribution in [0.1, 0.15) is 24.2 Å². The van der Waals surface area contributed by atoms with Crippen molar-refractivity contribution >= 4 is 22.6 Å². The van der Waals surface area contributed by atoms with Gasteiger partial charge in [-0.3, -0.25) is 4.79 Å². The van der Waals surface area contributed by atoms with E-state index in [2.05, 4.69) is 5.32 Å². The van der Waals surface area contributed by atoms with Gasteiger partial charge in [0.25, 0.3) is 5.91 Å². The molecular formula is C23H25NO5. The van der Waals surface area contributed by atoms with Gasteiger partial charge in [0.1, 0.15) is 29.4 Å². The highest BCUT2D eigenvalue weighted by molar-refractivity contribution is 5.92. The Kier molecular flexibility index (Phi) is 6.00. The van der Waals surface area contributed by atoms with E-state index in [1.807, 2.05) is 30.3 Å². The molecule has 1 N–H and O–H groups in total. The van der Waals surface area contributed by atoms with Crippen LogP contribution in [0.5, 0.6) is 11.5 Å². The van der Waals surface area contributed by atoms with Crippen LogP contribution < -0.4 is 14.8 Å². The standard InChI is InChI=1S/C23H25NO5/c1-26-12-13-27-17-8-6-16(7-9-17)24-23(25)15-28-18-10-11-22-20(14-18)19-4-2-3-5-21(19)29-22/h6-11,14H,2-5,12-13,15H2,1H3,(H,24,25). The number of hydrogen-bond acceptors (Lipinski definition) is 5. The van der Waals surface area contributed by atoms with Crippen molar-refractivity contribution in [2.45, 2.75) is 25.7 Å². The van der Waals surface area contributed by atoms with E-state index in [1.165, 1.54) is 18.4 Å². The molecule has 0 unspecified atom stereocenters. The molecule has 152 valence electrons. The summed E-state index contributed by atoms with van der Waals surface area (Å²) in [6.07, 6.45) is 4.40. The molecule has 1 aliphatic carbocycles. The van der Waals surface area contributed by atoms with Gasteiger partial charge in [0.15, 0.2) is 6.61 Å². The molecule has 0 spiro atoms. The average Bonchev–Trinajstić information content (AvgIpc) is 3.12. The van der Waals surface area contributed by atoms with Crippen LogP contribution in [0.15, 0.2) is 46.9 Å². The van der Waals surface area contributed by atoms with Gasteiger partial charge in [-0.25, -0.2) is 0 Å². The van der Waals surface area contributed by atoms with Crippen molar-refractivity contribution in [3.8, 4) is 11.5 Å². The fraction of sp³-hybridized carbons (Fsp3) is 0.348. The third kappa shape index (κ3) is 4.71. The first-order chi connectivity index (χ1) is 14.2. The fourth-order valence-electron chi connectivity index (χ4n) is 3.55. The second-order valence-corrected chi connectivity index (χ2v) is 7.07. The molecule has 1 aliphatic rings. The zero-order valence-corrected chi connectivity index (χ0v) is 16.5. The monoisotopic (exact) mass is 395 g/mol. The summed E-state index contributed by atoms with van der Waals surface area (Å²) < 4.78 is 22.1. The number of methoxy groups -OCH3 is 1. The molecule has 2 aromatic carbocycles. The molecule has 4 rings (SSSR count). The highest BCUT2D eigenvalue weighted by atomic mass is 16.5. The minimum Gasteiger partial charge on any atom is -0.491 e. The predicted molar refractivity (Wildman–Crippen MR) is 111 cm³/mol. The Labute approximate surface area is 169 Å². The Morgan fingerprint density at radius 1 is 1.00 bits per heavy atom. The summed E-state index contributed by atoms with van der Waals surface area (Å²) in [6.45, 7) is 0.959. The quantitative estimate of drug-likeness (QED) is 0.574. The third-order valence-electron chi connectivity index (χ3n) is 4.99. The summed E-state index contributed by atoms with van der Waals surface area (Å²) in [4.78, 5) is 12.2. The Bertz CT molecular complexity index is 977. The second kappa shape index (κ2) is 9.01. The molecule has 1 heterocycles. The molecule has 1 amide bonds. The van der Waals surface area contributed by atoms with Crippen molar-refractivity contribution in [3.63, 3.8) is 0 Å². The maximum Gasteiger partial charge on any atom is 0.262 e. The molecule has 0 fully saturated rings. The summed E-state index contributed by atoms with van der Waals surface area (Å²) in [5.41, 5.74) is 2.87. The molecule has 0 atom stereocenters. The van der Waals surface area contributed by atoms with Crippen LogP contribution in [-0.2, 0) is 22.4 Å². The van der Waals surface area contributed by atoms with E-state index in [0.717, 1.165) is 35.3 Å². The summed E-state index contributed by atoms with van der Waals surface area (Å²) in [5.74, 6) is 2.28. The molecule has 0 saturated carbocycles. The van der Waals surface area contributed by atoms with Gasteiger partial charge in [-0.15, -0.1) is 0 Å². The highest BCUT2D eigenvalue weighted by Gasteiger charge is 2.18. The number of furan rings is 1. The lowest BCUT2D eigenvalue weighted by atomic mass is 9.96. The molecular weight excluding hydrogens is 370 g/mol. The first-order valence-corrected chi connectivity index (χ1v) is 9.91. The predicted octanol–water partition coefficient (Wildman–Crippen LogP) is 4.35. The summed E-state index contributed by atoms with van der Waals surface area (Å²) in [7, 11) is 1.63.